The van der Waals surface area contributed by atoms with Gasteiger partial charge < -0.3 is 10.2 Å². The zero-order valence-electron chi connectivity index (χ0n) is 10.1. The Morgan fingerprint density at radius 2 is 1.94 bits per heavy atom. The van der Waals surface area contributed by atoms with E-state index in [0.717, 1.165) is 19.5 Å². The third kappa shape index (κ3) is 9.30. The van der Waals surface area contributed by atoms with Gasteiger partial charge in [-0.05, 0) is 32.2 Å². The van der Waals surface area contributed by atoms with Crippen LogP contribution in [0.4, 0.5) is 13.2 Å². The molecule has 0 heterocycles. The third-order valence-corrected chi connectivity index (χ3v) is 3.26. The number of hydrogen-bond acceptors (Lipinski definition) is 3. The fourth-order valence-corrected chi connectivity index (χ4v) is 1.63. The summed E-state index contributed by atoms with van der Waals surface area (Å²) >= 11 is 0.0271. The minimum atomic E-state index is -4.10. The Labute approximate surface area is 100.0 Å². The molecule has 0 aliphatic carbocycles. The number of rotatable bonds is 8. The average Bonchev–Trinajstić information content (AvgIpc) is 2.20. The topological polar surface area (TPSA) is 15.3 Å². The predicted molar refractivity (Wildman–Crippen MR) is 63.8 cm³/mol. The van der Waals surface area contributed by atoms with E-state index in [0.29, 0.717) is 12.6 Å². The van der Waals surface area contributed by atoms with Gasteiger partial charge in [-0.2, -0.15) is 13.2 Å². The highest BCUT2D eigenvalue weighted by atomic mass is 32.2. The molecule has 0 bridgehead atoms. The first kappa shape index (κ1) is 16.1. The molecule has 0 aromatic rings. The normalized spacial score (nSPS) is 14.4. The van der Waals surface area contributed by atoms with Crippen LogP contribution < -0.4 is 5.32 Å². The second-order valence-corrected chi connectivity index (χ2v) is 4.94. The van der Waals surface area contributed by atoms with Gasteiger partial charge >= 0.3 is 5.51 Å². The Bertz CT molecular complexity index is 176. The largest absolute Gasteiger partial charge is 0.441 e. The van der Waals surface area contributed by atoms with Crippen LogP contribution in [0.3, 0.4) is 0 Å². The number of halogens is 3. The summed E-state index contributed by atoms with van der Waals surface area (Å²) in [7, 11) is 2.03. The lowest BCUT2D eigenvalue weighted by atomic mass is 10.2. The smallest absolute Gasteiger partial charge is 0.315 e. The molecule has 0 aliphatic heterocycles. The van der Waals surface area contributed by atoms with Gasteiger partial charge in [0.25, 0.3) is 0 Å². The molecule has 0 aromatic carbocycles. The summed E-state index contributed by atoms with van der Waals surface area (Å²) in [5.74, 6) is 0.0799. The van der Waals surface area contributed by atoms with Crippen LogP contribution in [-0.2, 0) is 0 Å². The Hall–Kier alpha value is 0.0600. The van der Waals surface area contributed by atoms with Gasteiger partial charge in [0.2, 0.25) is 0 Å². The standard InChI is InChI=1S/C10H21F3N2S/c1-4-9(2)15(3)7-5-14-6-8-16-10(11,12)13/h9,14H,4-8H2,1-3H3. The Morgan fingerprint density at radius 1 is 1.31 bits per heavy atom. The maximum Gasteiger partial charge on any atom is 0.441 e. The highest BCUT2D eigenvalue weighted by Gasteiger charge is 2.27. The van der Waals surface area contributed by atoms with Crippen molar-refractivity contribution in [2.24, 2.45) is 0 Å². The average molecular weight is 258 g/mol. The van der Waals surface area contributed by atoms with Gasteiger partial charge in [0.05, 0.1) is 0 Å². The number of alkyl halides is 3. The van der Waals surface area contributed by atoms with Crippen LogP contribution in [0.5, 0.6) is 0 Å². The van der Waals surface area contributed by atoms with Crippen molar-refractivity contribution >= 4 is 11.8 Å². The van der Waals surface area contributed by atoms with E-state index in [1.165, 1.54) is 0 Å². The van der Waals surface area contributed by atoms with E-state index in [-0.39, 0.29) is 17.5 Å². The number of thioether (sulfide) groups is 1. The van der Waals surface area contributed by atoms with Crippen molar-refractivity contribution in [1.82, 2.24) is 10.2 Å². The molecule has 0 aliphatic rings. The first-order chi connectivity index (χ1) is 7.37. The first-order valence-electron chi connectivity index (χ1n) is 5.48. The van der Waals surface area contributed by atoms with Crippen molar-refractivity contribution in [3.8, 4) is 0 Å². The van der Waals surface area contributed by atoms with Crippen molar-refractivity contribution in [2.75, 3.05) is 32.4 Å². The van der Waals surface area contributed by atoms with Crippen molar-refractivity contribution in [1.29, 1.82) is 0 Å². The monoisotopic (exact) mass is 258 g/mol. The summed E-state index contributed by atoms with van der Waals surface area (Å²) in [6.07, 6.45) is 1.08. The zero-order valence-corrected chi connectivity index (χ0v) is 10.9. The predicted octanol–water partition coefficient (Wildman–Crippen LogP) is 2.56. The molecule has 0 amide bonds. The first-order valence-corrected chi connectivity index (χ1v) is 6.47. The lowest BCUT2D eigenvalue weighted by Crippen LogP contribution is -2.35. The summed E-state index contributed by atoms with van der Waals surface area (Å²) in [5, 5.41) is 3.01. The Morgan fingerprint density at radius 3 is 2.44 bits per heavy atom. The number of nitrogens with zero attached hydrogens (tertiary/aromatic N) is 1. The fraction of sp³-hybridized carbons (Fsp3) is 1.00. The van der Waals surface area contributed by atoms with E-state index >= 15 is 0 Å². The van der Waals surface area contributed by atoms with Crippen LogP contribution in [0.25, 0.3) is 0 Å². The van der Waals surface area contributed by atoms with Crippen molar-refractivity contribution < 1.29 is 13.2 Å². The van der Waals surface area contributed by atoms with E-state index in [9.17, 15) is 13.2 Å². The lowest BCUT2D eigenvalue weighted by Gasteiger charge is -2.23. The van der Waals surface area contributed by atoms with Gasteiger partial charge in [0.15, 0.2) is 0 Å². The molecule has 6 heteroatoms. The highest BCUT2D eigenvalue weighted by Crippen LogP contribution is 2.29. The molecule has 1 unspecified atom stereocenters. The Balaban J connectivity index is 3.34. The third-order valence-electron chi connectivity index (χ3n) is 2.53. The van der Waals surface area contributed by atoms with Gasteiger partial charge in [0, 0.05) is 31.4 Å². The van der Waals surface area contributed by atoms with Gasteiger partial charge in [-0.25, -0.2) is 0 Å². The SMILES string of the molecule is CCC(C)N(C)CCNCCSC(F)(F)F. The van der Waals surface area contributed by atoms with Crippen LogP contribution in [0.15, 0.2) is 0 Å². The summed E-state index contributed by atoms with van der Waals surface area (Å²) in [6.45, 7) is 6.26. The number of hydrogen-bond donors (Lipinski definition) is 1. The van der Waals surface area contributed by atoms with Crippen LogP contribution in [-0.4, -0.2) is 48.9 Å². The summed E-state index contributed by atoms with van der Waals surface area (Å²) in [5.41, 5.74) is -4.10. The van der Waals surface area contributed by atoms with Crippen LogP contribution >= 0.6 is 11.8 Å². The molecule has 98 valence electrons. The molecule has 0 saturated carbocycles. The molecule has 0 aromatic heterocycles. The van der Waals surface area contributed by atoms with Crippen LogP contribution in [0, 0.1) is 0 Å². The highest BCUT2D eigenvalue weighted by molar-refractivity contribution is 8.00. The second-order valence-electron chi connectivity index (χ2n) is 3.78. The van der Waals surface area contributed by atoms with Crippen LogP contribution in [0.2, 0.25) is 0 Å². The molecule has 16 heavy (non-hydrogen) atoms. The maximum absolute atomic E-state index is 11.8. The molecular formula is C10H21F3N2S. The minimum Gasteiger partial charge on any atom is -0.315 e. The van der Waals surface area contributed by atoms with Gasteiger partial charge in [0.1, 0.15) is 0 Å². The summed E-state index contributed by atoms with van der Waals surface area (Å²) < 4.78 is 35.3. The number of nitrogens with one attached hydrogen (secondary N) is 1. The molecule has 0 spiro atoms. The minimum absolute atomic E-state index is 0.0271. The molecule has 1 N–H and O–H groups in total. The molecule has 0 saturated heterocycles. The van der Waals surface area contributed by atoms with E-state index in [2.05, 4.69) is 24.1 Å². The van der Waals surface area contributed by atoms with E-state index < -0.39 is 5.51 Å². The molecule has 0 radical (unpaired) electrons. The molecular weight excluding hydrogens is 237 g/mol. The maximum atomic E-state index is 11.8. The second kappa shape index (κ2) is 8.20. The van der Waals surface area contributed by atoms with Gasteiger partial charge in [-0.1, -0.05) is 6.92 Å². The summed E-state index contributed by atoms with van der Waals surface area (Å²) in [6, 6.07) is 0.520. The van der Waals surface area contributed by atoms with E-state index in [1.807, 2.05) is 7.05 Å². The zero-order chi connectivity index (χ0) is 12.6. The molecule has 2 nitrogen and oxygen atoms in total. The fourth-order valence-electron chi connectivity index (χ4n) is 1.15. The Kier molecular flexibility index (Phi) is 8.23. The number of likely N-dealkylation sites (N-methyl/N-ethyl adjacent to an activating group) is 1. The molecule has 0 fully saturated rings. The molecule has 1 atom stereocenters. The van der Waals surface area contributed by atoms with Crippen LogP contribution in [0.1, 0.15) is 20.3 Å². The lowest BCUT2D eigenvalue weighted by molar-refractivity contribution is -0.0327. The molecule has 0 rings (SSSR count). The summed E-state index contributed by atoms with van der Waals surface area (Å²) in [4.78, 5) is 2.20. The van der Waals surface area contributed by atoms with E-state index in [4.69, 9.17) is 0 Å². The van der Waals surface area contributed by atoms with Crippen molar-refractivity contribution in [2.45, 2.75) is 31.8 Å². The van der Waals surface area contributed by atoms with Crippen molar-refractivity contribution in [3.05, 3.63) is 0 Å². The quantitative estimate of drug-likeness (QED) is 0.674. The van der Waals surface area contributed by atoms with Gasteiger partial charge in [-0.15, -0.1) is 0 Å². The van der Waals surface area contributed by atoms with Crippen molar-refractivity contribution in [3.63, 3.8) is 0 Å². The van der Waals surface area contributed by atoms with E-state index in [1.54, 1.807) is 0 Å². The van der Waals surface area contributed by atoms with Gasteiger partial charge in [-0.3, -0.25) is 0 Å².